The number of rotatable bonds is 3. The molecule has 2 aliphatic heterocycles. The number of anilines is 1. The minimum absolute atomic E-state index is 0.306. The number of nitrogens with zero attached hydrogens (tertiary/aromatic N) is 1. The summed E-state index contributed by atoms with van der Waals surface area (Å²) in [5.41, 5.74) is -0.225. The smallest absolute Gasteiger partial charge is 0.324 e. The maximum atomic E-state index is 12.7. The Morgan fingerprint density at radius 3 is 2.52 bits per heavy atom. The summed E-state index contributed by atoms with van der Waals surface area (Å²) in [4.78, 5) is 38.4. The first kappa shape index (κ1) is 15.5. The molecule has 23 heavy (non-hydrogen) atoms. The van der Waals surface area contributed by atoms with Crippen LogP contribution in [0.2, 0.25) is 0 Å². The molecule has 3 N–H and O–H groups in total. The molecule has 1 spiro atoms. The molecule has 0 aliphatic carbocycles. The Morgan fingerprint density at radius 2 is 1.87 bits per heavy atom. The van der Waals surface area contributed by atoms with Crippen molar-refractivity contribution in [1.29, 1.82) is 0 Å². The Bertz CT molecular complexity index is 625. The van der Waals surface area contributed by atoms with Crippen LogP contribution < -0.4 is 16.0 Å². The number of benzene rings is 1. The van der Waals surface area contributed by atoms with Crippen LogP contribution in [0, 0.1) is 0 Å². The molecule has 7 heteroatoms. The van der Waals surface area contributed by atoms with Crippen LogP contribution in [-0.4, -0.2) is 47.4 Å². The van der Waals surface area contributed by atoms with Crippen LogP contribution in [0.3, 0.4) is 0 Å². The summed E-state index contributed by atoms with van der Waals surface area (Å²) in [5.74, 6) is -0.689. The lowest BCUT2D eigenvalue weighted by molar-refractivity contribution is -0.137. The van der Waals surface area contributed by atoms with Gasteiger partial charge < -0.3 is 16.0 Å². The molecule has 0 radical (unpaired) electrons. The minimum Gasteiger partial charge on any atom is -0.324 e. The highest BCUT2D eigenvalue weighted by Crippen LogP contribution is 2.28. The molecule has 1 aromatic rings. The summed E-state index contributed by atoms with van der Waals surface area (Å²) in [6, 6.07) is 7.60. The lowest BCUT2D eigenvalue weighted by atomic mass is 9.88. The molecule has 2 aliphatic rings. The quantitative estimate of drug-likeness (QED) is 0.716. The largest absolute Gasteiger partial charge is 0.325 e. The molecule has 0 saturated carbocycles. The molecular formula is C16H20N4O3. The van der Waals surface area contributed by atoms with Gasteiger partial charge in [-0.1, -0.05) is 18.2 Å². The van der Waals surface area contributed by atoms with E-state index >= 15 is 0 Å². The summed E-state index contributed by atoms with van der Waals surface area (Å²) in [7, 11) is 0. The minimum atomic E-state index is -0.864. The molecule has 7 nitrogen and oxygen atoms in total. The number of carbonyl (C=O) groups excluding carboxylic acids is 3. The van der Waals surface area contributed by atoms with Crippen molar-refractivity contribution in [2.75, 3.05) is 18.4 Å². The number of urea groups is 1. The first-order chi connectivity index (χ1) is 11.0. The van der Waals surface area contributed by atoms with E-state index in [1.165, 1.54) is 0 Å². The summed E-state index contributed by atoms with van der Waals surface area (Å²) in [6.45, 7) is 2.91. The zero-order valence-electron chi connectivity index (χ0n) is 13.0. The Labute approximate surface area is 134 Å². The highest BCUT2D eigenvalue weighted by atomic mass is 16.2. The molecule has 1 aromatic carbocycles. The fourth-order valence-corrected chi connectivity index (χ4v) is 3.07. The van der Waals surface area contributed by atoms with Gasteiger partial charge in [0, 0.05) is 5.69 Å². The van der Waals surface area contributed by atoms with Crippen molar-refractivity contribution in [2.45, 2.75) is 31.3 Å². The van der Waals surface area contributed by atoms with Gasteiger partial charge in [-0.2, -0.15) is 0 Å². The molecule has 3 rings (SSSR count). The number of piperidine rings is 1. The number of nitrogens with one attached hydrogen (secondary N) is 3. The van der Waals surface area contributed by atoms with Gasteiger partial charge in [0.15, 0.2) is 0 Å². The normalized spacial score (nSPS) is 21.2. The zero-order chi connectivity index (χ0) is 16.4. The van der Waals surface area contributed by atoms with E-state index < -0.39 is 17.6 Å². The molecule has 2 heterocycles. The summed E-state index contributed by atoms with van der Waals surface area (Å²) >= 11 is 0. The molecule has 0 bridgehead atoms. The van der Waals surface area contributed by atoms with Crippen molar-refractivity contribution < 1.29 is 14.4 Å². The second kappa shape index (κ2) is 6.00. The monoisotopic (exact) mass is 316 g/mol. The number of hydrogen-bond donors (Lipinski definition) is 3. The fourth-order valence-electron chi connectivity index (χ4n) is 3.07. The molecule has 1 atom stereocenters. The molecule has 4 amide bonds. The average molecular weight is 316 g/mol. The second-order valence-corrected chi connectivity index (χ2v) is 5.97. The first-order valence-corrected chi connectivity index (χ1v) is 7.76. The van der Waals surface area contributed by atoms with Crippen molar-refractivity contribution in [3.8, 4) is 0 Å². The number of imide groups is 1. The highest BCUT2D eigenvalue weighted by Gasteiger charge is 2.53. The lowest BCUT2D eigenvalue weighted by Gasteiger charge is -2.31. The van der Waals surface area contributed by atoms with Crippen LogP contribution in [0.4, 0.5) is 10.5 Å². The van der Waals surface area contributed by atoms with Crippen LogP contribution in [0.1, 0.15) is 19.8 Å². The van der Waals surface area contributed by atoms with Gasteiger partial charge in [-0.3, -0.25) is 9.59 Å². The van der Waals surface area contributed by atoms with E-state index in [9.17, 15) is 14.4 Å². The van der Waals surface area contributed by atoms with E-state index in [2.05, 4.69) is 16.0 Å². The van der Waals surface area contributed by atoms with Crippen molar-refractivity contribution in [3.63, 3.8) is 0 Å². The van der Waals surface area contributed by atoms with Crippen molar-refractivity contribution >= 4 is 23.5 Å². The van der Waals surface area contributed by atoms with E-state index in [-0.39, 0.29) is 11.8 Å². The van der Waals surface area contributed by atoms with Crippen LogP contribution in [0.5, 0.6) is 0 Å². The van der Waals surface area contributed by atoms with Gasteiger partial charge in [0.05, 0.1) is 0 Å². The summed E-state index contributed by atoms with van der Waals surface area (Å²) < 4.78 is 0. The zero-order valence-corrected chi connectivity index (χ0v) is 13.0. The molecular weight excluding hydrogens is 296 g/mol. The number of carbonyl (C=O) groups is 3. The SMILES string of the molecule is CC(C(=O)Nc1ccccc1)N1C(=O)NC2(CCNCC2)C1=O. The standard InChI is InChI=1S/C16H20N4O3/c1-11(13(21)18-12-5-3-2-4-6-12)20-14(22)16(19-15(20)23)7-9-17-10-8-16/h2-6,11,17H,7-10H2,1H3,(H,18,21)(H,19,23). The van der Waals surface area contributed by atoms with Crippen LogP contribution in [0.15, 0.2) is 30.3 Å². The van der Waals surface area contributed by atoms with Gasteiger partial charge in [-0.05, 0) is 45.0 Å². The molecule has 1 unspecified atom stereocenters. The first-order valence-electron chi connectivity index (χ1n) is 7.76. The van der Waals surface area contributed by atoms with Gasteiger partial charge in [-0.15, -0.1) is 0 Å². The van der Waals surface area contributed by atoms with Gasteiger partial charge >= 0.3 is 6.03 Å². The van der Waals surface area contributed by atoms with Crippen molar-refractivity contribution in [2.24, 2.45) is 0 Å². The Hall–Kier alpha value is -2.41. The highest BCUT2D eigenvalue weighted by molar-refractivity contribution is 6.11. The second-order valence-electron chi connectivity index (χ2n) is 5.97. The van der Waals surface area contributed by atoms with E-state index in [1.54, 1.807) is 31.2 Å². The van der Waals surface area contributed by atoms with Gasteiger partial charge in [0.1, 0.15) is 11.6 Å². The summed E-state index contributed by atoms with van der Waals surface area (Å²) in [6.07, 6.45) is 1.09. The predicted molar refractivity (Wildman–Crippen MR) is 84.7 cm³/mol. The van der Waals surface area contributed by atoms with E-state index in [4.69, 9.17) is 0 Å². The van der Waals surface area contributed by atoms with Crippen LogP contribution in [0.25, 0.3) is 0 Å². The van der Waals surface area contributed by atoms with Crippen LogP contribution >= 0.6 is 0 Å². The Kier molecular flexibility index (Phi) is 4.04. The lowest BCUT2D eigenvalue weighted by Crippen LogP contribution is -2.54. The number of para-hydroxylation sites is 1. The van der Waals surface area contributed by atoms with E-state index in [0.717, 1.165) is 4.90 Å². The number of amides is 4. The van der Waals surface area contributed by atoms with Gasteiger partial charge in [0.2, 0.25) is 5.91 Å². The van der Waals surface area contributed by atoms with Gasteiger partial charge in [-0.25, -0.2) is 9.69 Å². The maximum absolute atomic E-state index is 12.7. The van der Waals surface area contributed by atoms with Gasteiger partial charge in [0.25, 0.3) is 5.91 Å². The molecule has 122 valence electrons. The Balaban J connectivity index is 1.74. The van der Waals surface area contributed by atoms with E-state index in [1.807, 2.05) is 6.07 Å². The summed E-state index contributed by atoms with van der Waals surface area (Å²) in [5, 5.41) is 8.68. The molecule has 2 saturated heterocycles. The molecule has 2 fully saturated rings. The number of hydrogen-bond acceptors (Lipinski definition) is 4. The fraction of sp³-hybridized carbons (Fsp3) is 0.438. The predicted octanol–water partition coefficient (Wildman–Crippen LogP) is 0.688. The third kappa shape index (κ3) is 2.79. The van der Waals surface area contributed by atoms with Crippen LogP contribution in [-0.2, 0) is 9.59 Å². The molecule has 0 aromatic heterocycles. The maximum Gasteiger partial charge on any atom is 0.325 e. The third-order valence-electron chi connectivity index (χ3n) is 4.46. The average Bonchev–Trinajstić information content (AvgIpc) is 2.78. The van der Waals surface area contributed by atoms with E-state index in [0.29, 0.717) is 31.6 Å². The van der Waals surface area contributed by atoms with Crippen molar-refractivity contribution in [1.82, 2.24) is 15.5 Å². The topological polar surface area (TPSA) is 90.5 Å². The van der Waals surface area contributed by atoms with Crippen molar-refractivity contribution in [3.05, 3.63) is 30.3 Å². The Morgan fingerprint density at radius 1 is 1.22 bits per heavy atom. The third-order valence-corrected chi connectivity index (χ3v) is 4.46.